The highest BCUT2D eigenvalue weighted by Gasteiger charge is 2.12. The third-order valence-corrected chi connectivity index (χ3v) is 3.07. The van der Waals surface area contributed by atoms with E-state index in [0.717, 1.165) is 16.7 Å². The second-order valence-electron chi connectivity index (χ2n) is 4.60. The fourth-order valence-electron chi connectivity index (χ4n) is 1.97. The summed E-state index contributed by atoms with van der Waals surface area (Å²) in [6, 6.07) is 16.8. The zero-order chi connectivity index (χ0) is 14.4. The number of benzene rings is 2. The molecule has 0 spiro atoms. The Morgan fingerprint density at radius 1 is 0.850 bits per heavy atom. The van der Waals surface area contributed by atoms with Gasteiger partial charge in [-0.2, -0.15) is 0 Å². The number of hydrogen-bond acceptors (Lipinski definition) is 2. The van der Waals surface area contributed by atoms with Crippen LogP contribution in [-0.2, 0) is 19.7 Å². The van der Waals surface area contributed by atoms with Crippen molar-refractivity contribution in [2.45, 2.75) is 19.7 Å². The van der Waals surface area contributed by atoms with E-state index in [1.165, 1.54) is 4.90 Å². The Morgan fingerprint density at radius 2 is 1.35 bits per heavy atom. The van der Waals surface area contributed by atoms with E-state index in [-0.39, 0.29) is 6.61 Å². The van der Waals surface area contributed by atoms with Crippen LogP contribution in [-0.4, -0.2) is 21.2 Å². The van der Waals surface area contributed by atoms with Crippen molar-refractivity contribution in [3.05, 3.63) is 71.3 Å². The third-order valence-electron chi connectivity index (χ3n) is 3.07. The maximum atomic E-state index is 11.3. The van der Waals surface area contributed by atoms with Crippen LogP contribution in [0.2, 0.25) is 0 Å². The Balaban J connectivity index is 2.07. The van der Waals surface area contributed by atoms with Gasteiger partial charge in [0.1, 0.15) is 0 Å². The molecule has 0 saturated heterocycles. The van der Waals surface area contributed by atoms with Gasteiger partial charge in [0.25, 0.3) is 0 Å². The molecule has 0 radical (unpaired) electrons. The van der Waals surface area contributed by atoms with Gasteiger partial charge >= 0.3 is 6.09 Å². The first kappa shape index (κ1) is 14.1. The Kier molecular flexibility index (Phi) is 4.74. The monoisotopic (exact) mass is 271 g/mol. The Morgan fingerprint density at radius 3 is 1.85 bits per heavy atom. The lowest BCUT2D eigenvalue weighted by Crippen LogP contribution is -2.28. The van der Waals surface area contributed by atoms with Crippen LogP contribution >= 0.6 is 0 Å². The molecule has 104 valence electrons. The molecule has 0 heterocycles. The minimum Gasteiger partial charge on any atom is -0.465 e. The maximum absolute atomic E-state index is 11.3. The van der Waals surface area contributed by atoms with Crippen molar-refractivity contribution in [2.75, 3.05) is 0 Å². The number of rotatable bonds is 5. The first-order valence-electron chi connectivity index (χ1n) is 6.39. The summed E-state index contributed by atoms with van der Waals surface area (Å²) in [5.41, 5.74) is 2.68. The van der Waals surface area contributed by atoms with Crippen molar-refractivity contribution in [2.24, 2.45) is 0 Å². The van der Waals surface area contributed by atoms with Crippen LogP contribution in [0.5, 0.6) is 0 Å². The SMILES string of the molecule is O=C(O)N(Cc1ccccc1)Cc1ccc(CO)cc1. The summed E-state index contributed by atoms with van der Waals surface area (Å²) >= 11 is 0. The summed E-state index contributed by atoms with van der Waals surface area (Å²) in [5.74, 6) is 0. The second kappa shape index (κ2) is 6.73. The lowest BCUT2D eigenvalue weighted by molar-refractivity contribution is 0.139. The predicted octanol–water partition coefficient (Wildman–Crippen LogP) is 2.86. The first-order valence-corrected chi connectivity index (χ1v) is 6.39. The molecule has 0 saturated carbocycles. The van der Waals surface area contributed by atoms with Gasteiger partial charge in [-0.15, -0.1) is 0 Å². The molecule has 0 aliphatic heterocycles. The van der Waals surface area contributed by atoms with Gasteiger partial charge < -0.3 is 10.2 Å². The molecule has 2 rings (SSSR count). The van der Waals surface area contributed by atoms with E-state index in [1.54, 1.807) is 12.1 Å². The predicted molar refractivity (Wildman–Crippen MR) is 76.1 cm³/mol. The smallest absolute Gasteiger partial charge is 0.407 e. The van der Waals surface area contributed by atoms with Crippen molar-refractivity contribution < 1.29 is 15.0 Å². The number of hydrogen-bond donors (Lipinski definition) is 2. The first-order chi connectivity index (χ1) is 9.69. The number of carboxylic acid groups (broad SMARTS) is 1. The summed E-state index contributed by atoms with van der Waals surface area (Å²) < 4.78 is 0. The van der Waals surface area contributed by atoms with Crippen molar-refractivity contribution in [3.8, 4) is 0 Å². The number of carbonyl (C=O) groups is 1. The normalized spacial score (nSPS) is 10.2. The Bertz CT molecular complexity index is 552. The van der Waals surface area contributed by atoms with Gasteiger partial charge in [-0.1, -0.05) is 54.6 Å². The maximum Gasteiger partial charge on any atom is 0.407 e. The zero-order valence-electron chi connectivity index (χ0n) is 11.1. The van der Waals surface area contributed by atoms with Gasteiger partial charge in [-0.3, -0.25) is 4.90 Å². The van der Waals surface area contributed by atoms with Crippen molar-refractivity contribution in [3.63, 3.8) is 0 Å². The average Bonchev–Trinajstić information content (AvgIpc) is 2.48. The average molecular weight is 271 g/mol. The lowest BCUT2D eigenvalue weighted by Gasteiger charge is -2.19. The Hall–Kier alpha value is -2.33. The van der Waals surface area contributed by atoms with E-state index < -0.39 is 6.09 Å². The molecule has 2 N–H and O–H groups in total. The van der Waals surface area contributed by atoms with Crippen molar-refractivity contribution in [1.82, 2.24) is 4.90 Å². The third kappa shape index (κ3) is 3.83. The molecule has 0 unspecified atom stereocenters. The zero-order valence-corrected chi connectivity index (χ0v) is 11.1. The van der Waals surface area contributed by atoms with E-state index >= 15 is 0 Å². The van der Waals surface area contributed by atoms with E-state index in [4.69, 9.17) is 5.11 Å². The standard InChI is InChI=1S/C16H17NO3/c18-12-15-8-6-14(7-9-15)11-17(16(19)20)10-13-4-2-1-3-5-13/h1-9,18H,10-12H2,(H,19,20). The van der Waals surface area contributed by atoms with Crippen LogP contribution in [0.25, 0.3) is 0 Å². The molecular formula is C16H17NO3. The van der Waals surface area contributed by atoms with Gasteiger partial charge in [-0.05, 0) is 16.7 Å². The molecular weight excluding hydrogens is 254 g/mol. The summed E-state index contributed by atoms with van der Waals surface area (Å²) in [5, 5.41) is 18.3. The minimum absolute atomic E-state index is 0.00700. The molecule has 0 aliphatic carbocycles. The highest BCUT2D eigenvalue weighted by molar-refractivity contribution is 5.65. The molecule has 0 atom stereocenters. The second-order valence-corrected chi connectivity index (χ2v) is 4.60. The van der Waals surface area contributed by atoms with Gasteiger partial charge in [0, 0.05) is 13.1 Å². The van der Waals surface area contributed by atoms with E-state index in [1.807, 2.05) is 42.5 Å². The minimum atomic E-state index is -0.944. The number of aliphatic hydroxyl groups excluding tert-OH is 1. The number of amides is 1. The fourth-order valence-corrected chi connectivity index (χ4v) is 1.97. The molecule has 0 bridgehead atoms. The quantitative estimate of drug-likeness (QED) is 0.879. The molecule has 0 aliphatic rings. The molecule has 2 aromatic rings. The van der Waals surface area contributed by atoms with Gasteiger partial charge in [0.15, 0.2) is 0 Å². The number of nitrogens with zero attached hydrogens (tertiary/aromatic N) is 1. The van der Waals surface area contributed by atoms with Crippen LogP contribution in [0.4, 0.5) is 4.79 Å². The molecule has 1 amide bonds. The van der Waals surface area contributed by atoms with Crippen LogP contribution in [0, 0.1) is 0 Å². The molecule has 4 heteroatoms. The van der Waals surface area contributed by atoms with Crippen LogP contribution < -0.4 is 0 Å². The molecule has 4 nitrogen and oxygen atoms in total. The highest BCUT2D eigenvalue weighted by Crippen LogP contribution is 2.11. The van der Waals surface area contributed by atoms with Crippen molar-refractivity contribution >= 4 is 6.09 Å². The van der Waals surface area contributed by atoms with E-state index in [2.05, 4.69) is 0 Å². The van der Waals surface area contributed by atoms with Crippen LogP contribution in [0.3, 0.4) is 0 Å². The lowest BCUT2D eigenvalue weighted by atomic mass is 10.1. The molecule has 0 fully saturated rings. The summed E-state index contributed by atoms with van der Waals surface area (Å²) in [4.78, 5) is 12.7. The van der Waals surface area contributed by atoms with Gasteiger partial charge in [-0.25, -0.2) is 4.79 Å². The van der Waals surface area contributed by atoms with E-state index in [9.17, 15) is 9.90 Å². The molecule has 0 aromatic heterocycles. The summed E-state index contributed by atoms with van der Waals surface area (Å²) in [6.07, 6.45) is -0.944. The van der Waals surface area contributed by atoms with E-state index in [0.29, 0.717) is 13.1 Å². The highest BCUT2D eigenvalue weighted by atomic mass is 16.4. The Labute approximate surface area is 117 Å². The summed E-state index contributed by atoms with van der Waals surface area (Å²) in [6.45, 7) is 0.681. The largest absolute Gasteiger partial charge is 0.465 e. The number of aliphatic hydroxyl groups is 1. The summed E-state index contributed by atoms with van der Waals surface area (Å²) in [7, 11) is 0. The van der Waals surface area contributed by atoms with Crippen LogP contribution in [0.1, 0.15) is 16.7 Å². The topological polar surface area (TPSA) is 60.8 Å². The fraction of sp³-hybridized carbons (Fsp3) is 0.188. The van der Waals surface area contributed by atoms with Crippen LogP contribution in [0.15, 0.2) is 54.6 Å². The molecule has 2 aromatic carbocycles. The molecule has 20 heavy (non-hydrogen) atoms. The van der Waals surface area contributed by atoms with Gasteiger partial charge in [0.2, 0.25) is 0 Å². The van der Waals surface area contributed by atoms with Crippen molar-refractivity contribution in [1.29, 1.82) is 0 Å². The van der Waals surface area contributed by atoms with Gasteiger partial charge in [0.05, 0.1) is 6.61 Å².